The maximum atomic E-state index is 13.1. The van der Waals surface area contributed by atoms with Crippen LogP contribution < -0.4 is 15.5 Å². The number of hydrogen-bond donors (Lipinski definition) is 2. The molecule has 1 atom stereocenters. The Balaban J connectivity index is 1.36. The van der Waals surface area contributed by atoms with Crippen LogP contribution in [-0.2, 0) is 4.79 Å². The zero-order valence-corrected chi connectivity index (χ0v) is 16.9. The predicted molar refractivity (Wildman–Crippen MR) is 111 cm³/mol. The molecule has 4 rings (SSSR count). The number of nitrogens with one attached hydrogen (secondary N) is 2. The summed E-state index contributed by atoms with van der Waals surface area (Å²) in [5.74, 6) is 0.176. The number of nitrogens with zero attached hydrogens (tertiary/aromatic N) is 2. The Kier molecular flexibility index (Phi) is 5.58. The zero-order valence-electron chi connectivity index (χ0n) is 16.9. The number of likely N-dealkylation sites (tertiary alicyclic amines) is 1. The largest absolute Gasteiger partial charge is 0.372 e. The van der Waals surface area contributed by atoms with Crippen LogP contribution in [0.4, 0.5) is 5.69 Å². The average molecular weight is 385 g/mol. The summed E-state index contributed by atoms with van der Waals surface area (Å²) in [6, 6.07) is 8.36. The second kappa shape index (κ2) is 8.11. The van der Waals surface area contributed by atoms with Crippen LogP contribution in [0.1, 0.15) is 55.8 Å². The summed E-state index contributed by atoms with van der Waals surface area (Å²) in [5, 5.41) is 6.64. The van der Waals surface area contributed by atoms with Gasteiger partial charge in [0.05, 0.1) is 0 Å². The van der Waals surface area contributed by atoms with Crippen molar-refractivity contribution in [1.29, 1.82) is 0 Å². The van der Waals surface area contributed by atoms with E-state index in [0.717, 1.165) is 57.5 Å². The van der Waals surface area contributed by atoms with Crippen molar-refractivity contribution in [2.75, 3.05) is 37.6 Å². The van der Waals surface area contributed by atoms with Crippen LogP contribution in [0, 0.1) is 0 Å². The van der Waals surface area contributed by atoms with Gasteiger partial charge in [-0.2, -0.15) is 0 Å². The number of benzene rings is 1. The Hall–Kier alpha value is -2.08. The van der Waals surface area contributed by atoms with Crippen molar-refractivity contribution in [2.24, 2.45) is 0 Å². The van der Waals surface area contributed by atoms with Crippen LogP contribution in [0.25, 0.3) is 0 Å². The van der Waals surface area contributed by atoms with E-state index in [1.165, 1.54) is 24.9 Å². The number of anilines is 1. The van der Waals surface area contributed by atoms with Crippen LogP contribution in [0.2, 0.25) is 0 Å². The minimum Gasteiger partial charge on any atom is -0.372 e. The second-order valence-electron chi connectivity index (χ2n) is 8.65. The molecule has 1 spiro atoms. The molecule has 0 unspecified atom stereocenters. The molecule has 0 aromatic heterocycles. The lowest BCUT2D eigenvalue weighted by Gasteiger charge is -2.39. The minimum absolute atomic E-state index is 0.0325. The fourth-order valence-corrected chi connectivity index (χ4v) is 5.03. The lowest BCUT2D eigenvalue weighted by molar-refractivity contribution is -0.119. The first kappa shape index (κ1) is 19.2. The zero-order chi connectivity index (χ0) is 19.6. The Morgan fingerprint density at radius 2 is 1.86 bits per heavy atom. The molecule has 0 saturated carbocycles. The molecule has 1 aromatic rings. The standard InChI is InChI=1S/C22H32N4O2/c1-17(27)24-19-15-22(23-16-19)8-12-26(13-9-22)21(28)18-6-5-7-20(14-18)25-10-3-2-4-11-25/h5-7,14,19,23H,2-4,8-13,15-16H2,1H3,(H,24,27)/t19-/m0/s1. The number of hydrogen-bond acceptors (Lipinski definition) is 4. The van der Waals surface area contributed by atoms with Gasteiger partial charge in [0, 0.05) is 62.5 Å². The van der Waals surface area contributed by atoms with Gasteiger partial charge in [-0.1, -0.05) is 6.07 Å². The fraction of sp³-hybridized carbons (Fsp3) is 0.636. The van der Waals surface area contributed by atoms with E-state index in [-0.39, 0.29) is 23.4 Å². The number of rotatable bonds is 3. The SMILES string of the molecule is CC(=O)N[C@@H]1CNC2(CCN(C(=O)c3cccc(N4CCCCC4)c3)CC2)C1. The lowest BCUT2D eigenvalue weighted by Crippen LogP contribution is -2.51. The fourth-order valence-electron chi connectivity index (χ4n) is 5.03. The maximum Gasteiger partial charge on any atom is 0.253 e. The topological polar surface area (TPSA) is 64.7 Å². The minimum atomic E-state index is 0.0325. The molecule has 0 bridgehead atoms. The van der Waals surface area contributed by atoms with Crippen molar-refractivity contribution < 1.29 is 9.59 Å². The predicted octanol–water partition coefficient (Wildman–Crippen LogP) is 2.15. The number of carbonyl (C=O) groups is 2. The highest BCUT2D eigenvalue weighted by molar-refractivity contribution is 5.95. The first-order chi connectivity index (χ1) is 13.5. The summed E-state index contributed by atoms with van der Waals surface area (Å²) in [4.78, 5) is 28.8. The third-order valence-corrected chi connectivity index (χ3v) is 6.59. The van der Waals surface area contributed by atoms with Crippen LogP contribution in [0.3, 0.4) is 0 Å². The molecule has 28 heavy (non-hydrogen) atoms. The van der Waals surface area contributed by atoms with E-state index >= 15 is 0 Å². The quantitative estimate of drug-likeness (QED) is 0.838. The van der Waals surface area contributed by atoms with Crippen LogP contribution in [0.5, 0.6) is 0 Å². The molecule has 6 heteroatoms. The molecule has 0 radical (unpaired) electrons. The van der Waals surface area contributed by atoms with Crippen LogP contribution in [-0.4, -0.2) is 61.0 Å². The Morgan fingerprint density at radius 3 is 2.57 bits per heavy atom. The molecule has 152 valence electrons. The van der Waals surface area contributed by atoms with Gasteiger partial charge in [0.1, 0.15) is 0 Å². The molecule has 2 amide bonds. The average Bonchev–Trinajstić information content (AvgIpc) is 3.10. The molecule has 3 aliphatic rings. The highest BCUT2D eigenvalue weighted by atomic mass is 16.2. The van der Waals surface area contributed by atoms with E-state index < -0.39 is 0 Å². The molecule has 0 aliphatic carbocycles. The molecule has 6 nitrogen and oxygen atoms in total. The van der Waals surface area contributed by atoms with Crippen LogP contribution in [0.15, 0.2) is 24.3 Å². The maximum absolute atomic E-state index is 13.1. The normalized spacial score (nSPS) is 24.4. The van der Waals surface area contributed by atoms with Gasteiger partial charge in [-0.15, -0.1) is 0 Å². The Morgan fingerprint density at radius 1 is 1.11 bits per heavy atom. The van der Waals surface area contributed by atoms with Crippen molar-refractivity contribution in [3.63, 3.8) is 0 Å². The number of piperidine rings is 2. The Bertz CT molecular complexity index is 721. The molecule has 3 aliphatic heterocycles. The highest BCUT2D eigenvalue weighted by Gasteiger charge is 2.42. The van der Waals surface area contributed by atoms with Crippen molar-refractivity contribution in [3.05, 3.63) is 29.8 Å². The third-order valence-electron chi connectivity index (χ3n) is 6.59. The van der Waals surface area contributed by atoms with E-state index in [4.69, 9.17) is 0 Å². The van der Waals surface area contributed by atoms with Crippen molar-refractivity contribution in [2.45, 2.75) is 57.0 Å². The molecular formula is C22H32N4O2. The second-order valence-corrected chi connectivity index (χ2v) is 8.65. The number of amides is 2. The lowest BCUT2D eigenvalue weighted by atomic mass is 9.85. The van der Waals surface area contributed by atoms with Gasteiger partial charge in [-0.3, -0.25) is 9.59 Å². The van der Waals surface area contributed by atoms with Gasteiger partial charge in [0.25, 0.3) is 5.91 Å². The molecule has 2 N–H and O–H groups in total. The van der Waals surface area contributed by atoms with Gasteiger partial charge < -0.3 is 20.4 Å². The van der Waals surface area contributed by atoms with Crippen molar-refractivity contribution >= 4 is 17.5 Å². The van der Waals surface area contributed by atoms with Gasteiger partial charge in [0.2, 0.25) is 5.91 Å². The van der Waals surface area contributed by atoms with E-state index in [1.54, 1.807) is 6.92 Å². The molecule has 1 aromatic carbocycles. The van der Waals surface area contributed by atoms with E-state index in [2.05, 4.69) is 27.7 Å². The summed E-state index contributed by atoms with van der Waals surface area (Å²) in [6.45, 7) is 6.12. The molecule has 3 fully saturated rings. The van der Waals surface area contributed by atoms with Crippen molar-refractivity contribution in [3.8, 4) is 0 Å². The van der Waals surface area contributed by atoms with Gasteiger partial charge in [-0.25, -0.2) is 0 Å². The Labute approximate surface area is 167 Å². The summed E-state index contributed by atoms with van der Waals surface area (Å²) < 4.78 is 0. The van der Waals surface area contributed by atoms with Gasteiger partial charge in [0.15, 0.2) is 0 Å². The summed E-state index contributed by atoms with van der Waals surface area (Å²) >= 11 is 0. The molecule has 3 saturated heterocycles. The first-order valence-corrected chi connectivity index (χ1v) is 10.7. The van der Waals surface area contributed by atoms with Crippen molar-refractivity contribution in [1.82, 2.24) is 15.5 Å². The summed E-state index contributed by atoms with van der Waals surface area (Å²) in [5.41, 5.74) is 2.05. The smallest absolute Gasteiger partial charge is 0.253 e. The first-order valence-electron chi connectivity index (χ1n) is 10.7. The van der Waals surface area contributed by atoms with E-state index in [0.29, 0.717) is 0 Å². The summed E-state index contributed by atoms with van der Waals surface area (Å²) in [6.07, 6.45) is 6.62. The number of carbonyl (C=O) groups excluding carboxylic acids is 2. The highest BCUT2D eigenvalue weighted by Crippen LogP contribution is 2.32. The monoisotopic (exact) mass is 384 g/mol. The molecular weight excluding hydrogens is 352 g/mol. The van der Waals surface area contributed by atoms with E-state index in [9.17, 15) is 9.59 Å². The third kappa shape index (κ3) is 4.17. The summed E-state index contributed by atoms with van der Waals surface area (Å²) in [7, 11) is 0. The van der Waals surface area contributed by atoms with E-state index in [1.807, 2.05) is 17.0 Å². The van der Waals surface area contributed by atoms with Gasteiger partial charge in [-0.05, 0) is 56.7 Å². The van der Waals surface area contributed by atoms with Gasteiger partial charge >= 0.3 is 0 Å². The van der Waals surface area contributed by atoms with Crippen LogP contribution >= 0.6 is 0 Å². The molecule has 3 heterocycles.